The van der Waals surface area contributed by atoms with Gasteiger partial charge in [-0.05, 0) is 31.2 Å². The number of halogens is 3. The Bertz CT molecular complexity index is 310. The van der Waals surface area contributed by atoms with E-state index in [4.69, 9.17) is 5.84 Å². The number of hydrogen-bond donors (Lipinski definition) is 2. The minimum absolute atomic E-state index is 0.152. The van der Waals surface area contributed by atoms with E-state index in [1.165, 1.54) is 24.3 Å². The topological polar surface area (TPSA) is 47.3 Å². The van der Waals surface area contributed by atoms with Crippen LogP contribution in [0.4, 0.5) is 18.9 Å². The summed E-state index contributed by atoms with van der Waals surface area (Å²) in [6.07, 6.45) is -6.18. The highest BCUT2D eigenvalue weighted by atomic mass is 19.4. The summed E-state index contributed by atoms with van der Waals surface area (Å²) in [6.45, 7) is 0.953. The summed E-state index contributed by atoms with van der Waals surface area (Å²) in [5.41, 5.74) is 2.96. The maximum Gasteiger partial charge on any atom is 0.425 e. The van der Waals surface area contributed by atoms with Gasteiger partial charge in [-0.2, -0.15) is 13.2 Å². The van der Waals surface area contributed by atoms with Crippen molar-refractivity contribution in [2.75, 3.05) is 5.43 Å². The van der Waals surface area contributed by atoms with Gasteiger partial charge in [0.2, 0.25) is 0 Å². The zero-order valence-electron chi connectivity index (χ0n) is 8.01. The van der Waals surface area contributed by atoms with Crippen LogP contribution in [0.5, 0.6) is 5.75 Å². The second-order valence-electron chi connectivity index (χ2n) is 2.97. The molecule has 0 spiro atoms. The van der Waals surface area contributed by atoms with Crippen molar-refractivity contribution in [3.8, 4) is 5.75 Å². The summed E-state index contributed by atoms with van der Waals surface area (Å²) in [6, 6.07) is 5.88. The van der Waals surface area contributed by atoms with Gasteiger partial charge >= 0.3 is 6.18 Å². The number of rotatable bonds is 3. The molecular weight excluding hydrogens is 209 g/mol. The van der Waals surface area contributed by atoms with E-state index >= 15 is 0 Å². The molecule has 84 valence electrons. The fourth-order valence-corrected chi connectivity index (χ4v) is 0.901. The molecule has 1 aromatic carbocycles. The molecule has 0 heterocycles. The molecule has 0 unspecified atom stereocenters. The molecule has 0 aliphatic heterocycles. The first-order chi connectivity index (χ1) is 6.93. The van der Waals surface area contributed by atoms with Crippen molar-refractivity contribution < 1.29 is 17.9 Å². The molecule has 1 atom stereocenters. The first-order valence-corrected chi connectivity index (χ1v) is 4.23. The van der Waals surface area contributed by atoms with Gasteiger partial charge in [-0.25, -0.2) is 0 Å². The van der Waals surface area contributed by atoms with Crippen molar-refractivity contribution in [1.82, 2.24) is 0 Å². The van der Waals surface area contributed by atoms with Crippen molar-refractivity contribution in [2.24, 2.45) is 5.84 Å². The van der Waals surface area contributed by atoms with Crippen molar-refractivity contribution in [3.63, 3.8) is 0 Å². The Labute approximate surface area is 85.0 Å². The molecule has 0 aliphatic rings. The zero-order chi connectivity index (χ0) is 11.5. The van der Waals surface area contributed by atoms with Crippen molar-refractivity contribution in [2.45, 2.75) is 19.2 Å². The van der Waals surface area contributed by atoms with Gasteiger partial charge in [0, 0.05) is 5.69 Å². The Morgan fingerprint density at radius 1 is 1.27 bits per heavy atom. The Morgan fingerprint density at radius 3 is 2.20 bits per heavy atom. The smallest absolute Gasteiger partial charge is 0.425 e. The monoisotopic (exact) mass is 220 g/mol. The van der Waals surface area contributed by atoms with Gasteiger partial charge in [0.15, 0.2) is 6.10 Å². The Kier molecular flexibility index (Phi) is 3.41. The minimum Gasteiger partial charge on any atom is -0.481 e. The van der Waals surface area contributed by atoms with E-state index in [0.717, 1.165) is 6.92 Å². The number of nitrogens with two attached hydrogens (primary N) is 1. The van der Waals surface area contributed by atoms with Crippen LogP contribution in [-0.4, -0.2) is 12.3 Å². The first kappa shape index (κ1) is 11.6. The standard InChI is InChI=1S/C9H11F3N2O/c1-6(9(10,11)12)15-8-4-2-7(14-13)3-5-8/h2-6,14H,13H2,1H3/t6-/m1/s1. The second kappa shape index (κ2) is 4.39. The highest BCUT2D eigenvalue weighted by Gasteiger charge is 2.37. The van der Waals surface area contributed by atoms with Crippen molar-refractivity contribution in [1.29, 1.82) is 0 Å². The van der Waals surface area contributed by atoms with Crippen LogP contribution in [-0.2, 0) is 0 Å². The van der Waals surface area contributed by atoms with Crippen LogP contribution in [0.25, 0.3) is 0 Å². The molecule has 3 N–H and O–H groups in total. The Balaban J connectivity index is 2.65. The van der Waals surface area contributed by atoms with E-state index < -0.39 is 12.3 Å². The van der Waals surface area contributed by atoms with Crippen molar-refractivity contribution >= 4 is 5.69 Å². The predicted octanol–water partition coefficient (Wildman–Crippen LogP) is 2.30. The number of alkyl halides is 3. The summed E-state index contributed by atoms with van der Waals surface area (Å²) >= 11 is 0. The summed E-state index contributed by atoms with van der Waals surface area (Å²) in [4.78, 5) is 0. The Morgan fingerprint density at radius 2 is 1.80 bits per heavy atom. The molecule has 0 amide bonds. The zero-order valence-corrected chi connectivity index (χ0v) is 8.01. The van der Waals surface area contributed by atoms with Crippen LogP contribution in [0.3, 0.4) is 0 Å². The number of nitrogens with one attached hydrogen (secondary N) is 1. The third kappa shape index (κ3) is 3.32. The van der Waals surface area contributed by atoms with E-state index in [1.54, 1.807) is 0 Å². The fourth-order valence-electron chi connectivity index (χ4n) is 0.901. The number of hydrogen-bond acceptors (Lipinski definition) is 3. The van der Waals surface area contributed by atoms with Gasteiger partial charge in [0.1, 0.15) is 5.75 Å². The molecule has 3 nitrogen and oxygen atoms in total. The van der Waals surface area contributed by atoms with Crippen LogP contribution in [0.15, 0.2) is 24.3 Å². The van der Waals surface area contributed by atoms with Gasteiger partial charge in [-0.15, -0.1) is 0 Å². The minimum atomic E-state index is -4.36. The lowest BCUT2D eigenvalue weighted by Crippen LogP contribution is -2.31. The molecule has 0 aliphatic carbocycles. The number of anilines is 1. The molecule has 6 heteroatoms. The predicted molar refractivity (Wildman–Crippen MR) is 50.4 cm³/mol. The Hall–Kier alpha value is -1.43. The lowest BCUT2D eigenvalue weighted by molar-refractivity contribution is -0.189. The number of nitrogen functional groups attached to an aromatic ring is 1. The highest BCUT2D eigenvalue weighted by Crippen LogP contribution is 2.25. The van der Waals surface area contributed by atoms with E-state index in [2.05, 4.69) is 10.2 Å². The largest absolute Gasteiger partial charge is 0.481 e. The number of benzene rings is 1. The SMILES string of the molecule is C[C@@H](Oc1ccc(NN)cc1)C(F)(F)F. The molecule has 0 aromatic heterocycles. The lowest BCUT2D eigenvalue weighted by atomic mass is 10.3. The van der Waals surface area contributed by atoms with Crippen LogP contribution < -0.4 is 16.0 Å². The quantitative estimate of drug-likeness (QED) is 0.607. The summed E-state index contributed by atoms with van der Waals surface area (Å²) in [5, 5.41) is 0. The second-order valence-corrected chi connectivity index (χ2v) is 2.97. The number of ether oxygens (including phenoxy) is 1. The molecule has 0 bridgehead atoms. The fraction of sp³-hybridized carbons (Fsp3) is 0.333. The molecule has 1 aromatic rings. The van der Waals surface area contributed by atoms with Gasteiger partial charge in [-0.1, -0.05) is 0 Å². The van der Waals surface area contributed by atoms with Crippen LogP contribution >= 0.6 is 0 Å². The summed E-state index contributed by atoms with van der Waals surface area (Å²) in [7, 11) is 0. The summed E-state index contributed by atoms with van der Waals surface area (Å²) in [5.74, 6) is 5.25. The van der Waals surface area contributed by atoms with E-state index in [9.17, 15) is 13.2 Å². The summed E-state index contributed by atoms with van der Waals surface area (Å²) < 4.78 is 41.1. The molecule has 0 saturated heterocycles. The van der Waals surface area contributed by atoms with E-state index in [0.29, 0.717) is 5.69 Å². The van der Waals surface area contributed by atoms with Crippen LogP contribution in [0.1, 0.15) is 6.92 Å². The first-order valence-electron chi connectivity index (χ1n) is 4.23. The molecule has 0 radical (unpaired) electrons. The number of hydrazine groups is 1. The average Bonchev–Trinajstić information content (AvgIpc) is 2.17. The van der Waals surface area contributed by atoms with Crippen LogP contribution in [0.2, 0.25) is 0 Å². The third-order valence-corrected chi connectivity index (χ3v) is 1.79. The van der Waals surface area contributed by atoms with Gasteiger partial charge in [0.25, 0.3) is 0 Å². The lowest BCUT2D eigenvalue weighted by Gasteiger charge is -2.17. The van der Waals surface area contributed by atoms with Gasteiger partial charge < -0.3 is 10.2 Å². The van der Waals surface area contributed by atoms with E-state index in [1.807, 2.05) is 0 Å². The average molecular weight is 220 g/mol. The molecular formula is C9H11F3N2O. The molecule has 15 heavy (non-hydrogen) atoms. The normalized spacial score (nSPS) is 13.4. The molecule has 0 saturated carbocycles. The molecule has 1 rings (SSSR count). The van der Waals surface area contributed by atoms with Crippen molar-refractivity contribution in [3.05, 3.63) is 24.3 Å². The van der Waals surface area contributed by atoms with Gasteiger partial charge in [-0.3, -0.25) is 5.84 Å². The van der Waals surface area contributed by atoms with Gasteiger partial charge in [0.05, 0.1) is 0 Å². The third-order valence-electron chi connectivity index (χ3n) is 1.79. The van der Waals surface area contributed by atoms with Crippen LogP contribution in [0, 0.1) is 0 Å². The maximum absolute atomic E-state index is 12.1. The highest BCUT2D eigenvalue weighted by molar-refractivity contribution is 5.45. The molecule has 0 fully saturated rings. The van der Waals surface area contributed by atoms with E-state index in [-0.39, 0.29) is 5.75 Å². The maximum atomic E-state index is 12.1.